The zero-order valence-electron chi connectivity index (χ0n) is 9.99. The van der Waals surface area contributed by atoms with Crippen molar-refractivity contribution in [3.05, 3.63) is 18.2 Å². The normalized spacial score (nSPS) is 17.2. The van der Waals surface area contributed by atoms with Gasteiger partial charge in [0.25, 0.3) is 6.01 Å². The lowest BCUT2D eigenvalue weighted by Crippen LogP contribution is -2.14. The van der Waals surface area contributed by atoms with E-state index in [9.17, 15) is 0 Å². The van der Waals surface area contributed by atoms with E-state index in [2.05, 4.69) is 17.2 Å². The van der Waals surface area contributed by atoms with Gasteiger partial charge in [-0.15, -0.1) is 0 Å². The smallest absolute Gasteiger partial charge is 0.295 e. The highest BCUT2D eigenvalue weighted by Crippen LogP contribution is 2.48. The summed E-state index contributed by atoms with van der Waals surface area (Å²) in [6.45, 7) is 3.19. The second-order valence-corrected chi connectivity index (χ2v) is 4.95. The van der Waals surface area contributed by atoms with Crippen molar-refractivity contribution in [1.29, 1.82) is 0 Å². The standard InChI is InChI=1S/C13H17N3O/c1-2-13(5-6-13)8-15-12-16-10-4-3-9(14)7-11(10)17-12/h3-4,7H,2,5-6,8,14H2,1H3,(H,15,16). The first-order valence-electron chi connectivity index (χ1n) is 6.11. The zero-order chi connectivity index (χ0) is 11.9. The fraction of sp³-hybridized carbons (Fsp3) is 0.462. The Kier molecular flexibility index (Phi) is 2.24. The number of rotatable bonds is 4. The average Bonchev–Trinajstić information content (AvgIpc) is 3.00. The van der Waals surface area contributed by atoms with E-state index < -0.39 is 0 Å². The zero-order valence-corrected chi connectivity index (χ0v) is 9.99. The largest absolute Gasteiger partial charge is 0.423 e. The molecule has 1 fully saturated rings. The Morgan fingerprint density at radius 1 is 1.47 bits per heavy atom. The summed E-state index contributed by atoms with van der Waals surface area (Å²) in [6.07, 6.45) is 3.83. The van der Waals surface area contributed by atoms with Crippen LogP contribution in [0.4, 0.5) is 11.7 Å². The van der Waals surface area contributed by atoms with E-state index in [4.69, 9.17) is 10.2 Å². The lowest BCUT2D eigenvalue weighted by Gasteiger charge is -2.11. The molecular weight excluding hydrogens is 214 g/mol. The molecule has 3 rings (SSSR count). The topological polar surface area (TPSA) is 64.1 Å². The molecule has 1 aromatic carbocycles. The van der Waals surface area contributed by atoms with Crippen LogP contribution in [-0.4, -0.2) is 11.5 Å². The van der Waals surface area contributed by atoms with Crippen molar-refractivity contribution in [2.24, 2.45) is 5.41 Å². The van der Waals surface area contributed by atoms with Crippen LogP contribution in [0.15, 0.2) is 22.6 Å². The van der Waals surface area contributed by atoms with E-state index in [0.29, 0.717) is 17.1 Å². The maximum Gasteiger partial charge on any atom is 0.295 e. The molecule has 3 N–H and O–H groups in total. The highest BCUT2D eigenvalue weighted by molar-refractivity contribution is 5.78. The van der Waals surface area contributed by atoms with Crippen LogP contribution in [0.1, 0.15) is 26.2 Å². The molecule has 0 unspecified atom stereocenters. The summed E-state index contributed by atoms with van der Waals surface area (Å²) in [5.41, 5.74) is 8.48. The minimum Gasteiger partial charge on any atom is -0.423 e. The molecule has 0 atom stereocenters. The number of hydrogen-bond acceptors (Lipinski definition) is 4. The first-order chi connectivity index (χ1) is 8.21. The van der Waals surface area contributed by atoms with Crippen LogP contribution in [0.2, 0.25) is 0 Å². The van der Waals surface area contributed by atoms with Crippen LogP contribution in [-0.2, 0) is 0 Å². The van der Waals surface area contributed by atoms with E-state index >= 15 is 0 Å². The van der Waals surface area contributed by atoms with Crippen molar-refractivity contribution < 1.29 is 4.42 Å². The third kappa shape index (κ3) is 1.95. The first-order valence-corrected chi connectivity index (χ1v) is 6.11. The predicted molar refractivity (Wildman–Crippen MR) is 68.9 cm³/mol. The molecule has 0 radical (unpaired) electrons. The Bertz CT molecular complexity index is 543. The summed E-state index contributed by atoms with van der Waals surface area (Å²) in [7, 11) is 0. The summed E-state index contributed by atoms with van der Waals surface area (Å²) < 4.78 is 5.61. The molecule has 0 bridgehead atoms. The number of fused-ring (bicyclic) bond motifs is 1. The molecule has 1 aliphatic carbocycles. The van der Waals surface area contributed by atoms with Crippen molar-refractivity contribution in [1.82, 2.24) is 4.98 Å². The van der Waals surface area contributed by atoms with Gasteiger partial charge in [-0.1, -0.05) is 6.92 Å². The van der Waals surface area contributed by atoms with E-state index in [-0.39, 0.29) is 0 Å². The molecule has 2 aromatic rings. The third-order valence-electron chi connectivity index (χ3n) is 3.73. The van der Waals surface area contributed by atoms with Gasteiger partial charge in [0, 0.05) is 18.3 Å². The number of nitrogens with two attached hydrogens (primary N) is 1. The van der Waals surface area contributed by atoms with Gasteiger partial charge in [0.05, 0.1) is 0 Å². The van der Waals surface area contributed by atoms with E-state index in [1.54, 1.807) is 6.07 Å². The minimum absolute atomic E-state index is 0.486. The molecule has 4 nitrogen and oxygen atoms in total. The third-order valence-corrected chi connectivity index (χ3v) is 3.73. The first kappa shape index (κ1) is 10.4. The van der Waals surface area contributed by atoms with Crippen LogP contribution >= 0.6 is 0 Å². The van der Waals surface area contributed by atoms with E-state index in [1.807, 2.05) is 12.1 Å². The monoisotopic (exact) mass is 231 g/mol. The van der Waals surface area contributed by atoms with Crippen molar-refractivity contribution in [2.45, 2.75) is 26.2 Å². The van der Waals surface area contributed by atoms with Gasteiger partial charge in [0.2, 0.25) is 0 Å². The highest BCUT2D eigenvalue weighted by Gasteiger charge is 2.40. The Balaban J connectivity index is 1.77. The molecule has 17 heavy (non-hydrogen) atoms. The maximum atomic E-state index is 5.70. The molecule has 1 heterocycles. The lowest BCUT2D eigenvalue weighted by molar-refractivity contribution is 0.507. The number of benzene rings is 1. The number of nitrogen functional groups attached to an aromatic ring is 1. The van der Waals surface area contributed by atoms with Crippen LogP contribution < -0.4 is 11.1 Å². The van der Waals surface area contributed by atoms with Gasteiger partial charge < -0.3 is 15.5 Å². The SMILES string of the molecule is CCC1(CNc2nc3ccc(N)cc3o2)CC1. The molecule has 1 saturated carbocycles. The van der Waals surface area contributed by atoms with Crippen molar-refractivity contribution in [2.75, 3.05) is 17.6 Å². The van der Waals surface area contributed by atoms with Gasteiger partial charge >= 0.3 is 0 Å². The highest BCUT2D eigenvalue weighted by atomic mass is 16.4. The Labute approximate surface area is 100 Å². The molecule has 90 valence electrons. The summed E-state index contributed by atoms with van der Waals surface area (Å²) in [6, 6.07) is 6.13. The minimum atomic E-state index is 0.486. The number of hydrogen-bond donors (Lipinski definition) is 2. The number of nitrogens with zero attached hydrogens (tertiary/aromatic N) is 1. The van der Waals surface area contributed by atoms with Gasteiger partial charge in [-0.25, -0.2) is 0 Å². The van der Waals surface area contributed by atoms with Crippen molar-refractivity contribution in [3.63, 3.8) is 0 Å². The molecule has 4 heteroatoms. The Hall–Kier alpha value is -1.71. The fourth-order valence-electron chi connectivity index (χ4n) is 2.11. The van der Waals surface area contributed by atoms with Crippen LogP contribution in [0, 0.1) is 5.41 Å². The molecule has 0 amide bonds. The van der Waals surface area contributed by atoms with Gasteiger partial charge in [0.15, 0.2) is 5.58 Å². The maximum absolute atomic E-state index is 5.70. The summed E-state index contributed by atoms with van der Waals surface area (Å²) >= 11 is 0. The van der Waals surface area contributed by atoms with Crippen molar-refractivity contribution in [3.8, 4) is 0 Å². The van der Waals surface area contributed by atoms with Crippen LogP contribution in [0.3, 0.4) is 0 Å². The summed E-state index contributed by atoms with van der Waals surface area (Å²) in [5, 5.41) is 3.29. The second kappa shape index (κ2) is 3.65. The van der Waals surface area contributed by atoms with Crippen LogP contribution in [0.25, 0.3) is 11.1 Å². The van der Waals surface area contributed by atoms with Crippen molar-refractivity contribution >= 4 is 22.8 Å². The number of nitrogens with one attached hydrogen (secondary N) is 1. The summed E-state index contributed by atoms with van der Waals surface area (Å²) in [4.78, 5) is 4.39. The van der Waals surface area contributed by atoms with Gasteiger partial charge in [-0.2, -0.15) is 4.98 Å². The Morgan fingerprint density at radius 3 is 3.00 bits per heavy atom. The molecule has 0 aliphatic heterocycles. The quantitative estimate of drug-likeness (QED) is 0.794. The molecule has 0 saturated heterocycles. The number of oxazole rings is 1. The molecular formula is C13H17N3O. The lowest BCUT2D eigenvalue weighted by atomic mass is 10.0. The Morgan fingerprint density at radius 2 is 2.29 bits per heavy atom. The number of anilines is 2. The second-order valence-electron chi connectivity index (χ2n) is 4.95. The van der Waals surface area contributed by atoms with Gasteiger partial charge in [-0.05, 0) is 36.8 Å². The predicted octanol–water partition coefficient (Wildman–Crippen LogP) is 3.01. The van der Waals surface area contributed by atoms with E-state index in [0.717, 1.165) is 17.6 Å². The van der Waals surface area contributed by atoms with Gasteiger partial charge in [-0.3, -0.25) is 0 Å². The molecule has 1 aliphatic rings. The fourth-order valence-corrected chi connectivity index (χ4v) is 2.11. The molecule has 1 aromatic heterocycles. The average molecular weight is 231 g/mol. The van der Waals surface area contributed by atoms with Crippen LogP contribution in [0.5, 0.6) is 0 Å². The summed E-state index contributed by atoms with van der Waals surface area (Å²) in [5.74, 6) is 0. The van der Waals surface area contributed by atoms with Gasteiger partial charge in [0.1, 0.15) is 5.52 Å². The van der Waals surface area contributed by atoms with E-state index in [1.165, 1.54) is 19.3 Å². The number of aromatic nitrogens is 1. The molecule has 0 spiro atoms.